The van der Waals surface area contributed by atoms with Crippen molar-refractivity contribution in [3.8, 4) is 16.3 Å². The molecular formula is C15H17FN2OS. The molecule has 1 aromatic carbocycles. The molecule has 1 N–H and O–H groups in total. The van der Waals surface area contributed by atoms with E-state index in [0.717, 1.165) is 17.1 Å². The van der Waals surface area contributed by atoms with Crippen LogP contribution in [0, 0.1) is 12.7 Å². The molecular weight excluding hydrogens is 275 g/mol. The number of thiazole rings is 1. The first kappa shape index (κ1) is 13.5. The molecule has 3 rings (SSSR count). The molecule has 20 heavy (non-hydrogen) atoms. The molecule has 1 aromatic heterocycles. The fraction of sp³-hybridized carbons (Fsp3) is 0.400. The number of nitrogens with zero attached hydrogens (tertiary/aromatic N) is 1. The van der Waals surface area contributed by atoms with Crippen molar-refractivity contribution in [2.45, 2.75) is 32.4 Å². The van der Waals surface area contributed by atoms with Crippen molar-refractivity contribution in [2.75, 3.05) is 7.11 Å². The first-order valence-electron chi connectivity index (χ1n) is 6.71. The van der Waals surface area contributed by atoms with E-state index in [1.165, 1.54) is 30.2 Å². The van der Waals surface area contributed by atoms with Crippen LogP contribution in [-0.4, -0.2) is 18.1 Å². The number of methoxy groups -OCH3 is 1. The second kappa shape index (κ2) is 5.50. The predicted octanol–water partition coefficient (Wildman–Crippen LogP) is 3.52. The van der Waals surface area contributed by atoms with Gasteiger partial charge < -0.3 is 10.1 Å². The third kappa shape index (κ3) is 2.69. The topological polar surface area (TPSA) is 34.1 Å². The van der Waals surface area contributed by atoms with E-state index in [1.54, 1.807) is 19.2 Å². The molecule has 0 saturated heterocycles. The largest absolute Gasteiger partial charge is 0.496 e. The lowest BCUT2D eigenvalue weighted by Gasteiger charge is -2.06. The fourth-order valence-corrected chi connectivity index (χ4v) is 3.17. The number of halogens is 1. The average Bonchev–Trinajstić information content (AvgIpc) is 3.19. The quantitative estimate of drug-likeness (QED) is 0.915. The van der Waals surface area contributed by atoms with Crippen molar-refractivity contribution in [1.82, 2.24) is 10.3 Å². The molecule has 2 aromatic rings. The van der Waals surface area contributed by atoms with Crippen molar-refractivity contribution in [3.63, 3.8) is 0 Å². The van der Waals surface area contributed by atoms with Crippen LogP contribution in [0.1, 0.15) is 23.4 Å². The van der Waals surface area contributed by atoms with Crippen LogP contribution in [-0.2, 0) is 6.54 Å². The number of ether oxygens (including phenoxy) is 1. The third-order valence-corrected chi connectivity index (χ3v) is 4.61. The van der Waals surface area contributed by atoms with Gasteiger partial charge in [0.05, 0.1) is 18.4 Å². The summed E-state index contributed by atoms with van der Waals surface area (Å²) < 4.78 is 19.3. The highest BCUT2D eigenvalue weighted by Crippen LogP contribution is 2.36. The van der Waals surface area contributed by atoms with Gasteiger partial charge in [0.2, 0.25) is 0 Å². The van der Waals surface area contributed by atoms with Gasteiger partial charge in [-0.1, -0.05) is 6.07 Å². The highest BCUT2D eigenvalue weighted by atomic mass is 32.1. The molecule has 0 amide bonds. The molecule has 0 atom stereocenters. The van der Waals surface area contributed by atoms with E-state index < -0.39 is 0 Å². The molecule has 1 heterocycles. The molecule has 0 bridgehead atoms. The summed E-state index contributed by atoms with van der Waals surface area (Å²) in [4.78, 5) is 5.67. The third-order valence-electron chi connectivity index (χ3n) is 3.43. The Morgan fingerprint density at radius 3 is 2.95 bits per heavy atom. The van der Waals surface area contributed by atoms with Crippen LogP contribution in [0.3, 0.4) is 0 Å². The molecule has 1 fully saturated rings. The lowest BCUT2D eigenvalue weighted by molar-refractivity contribution is 0.413. The molecule has 1 aliphatic carbocycles. The van der Waals surface area contributed by atoms with E-state index in [4.69, 9.17) is 4.74 Å². The Hall–Kier alpha value is -1.46. The maximum atomic E-state index is 14.1. The van der Waals surface area contributed by atoms with Gasteiger partial charge >= 0.3 is 0 Å². The molecule has 1 aliphatic rings. The number of aromatic nitrogens is 1. The van der Waals surface area contributed by atoms with Gasteiger partial charge in [0.1, 0.15) is 16.6 Å². The van der Waals surface area contributed by atoms with Crippen LogP contribution < -0.4 is 10.1 Å². The Morgan fingerprint density at radius 2 is 2.25 bits per heavy atom. The average molecular weight is 292 g/mol. The van der Waals surface area contributed by atoms with Crippen molar-refractivity contribution in [2.24, 2.45) is 0 Å². The van der Waals surface area contributed by atoms with E-state index in [1.807, 2.05) is 6.92 Å². The van der Waals surface area contributed by atoms with E-state index in [2.05, 4.69) is 10.3 Å². The standard InChI is InChI=1S/C15H17FN2OS/c1-9-13(8-17-10-6-7-10)20-15(18-9)14-11(16)4-3-5-12(14)19-2/h3-5,10,17H,6-8H2,1-2H3. The van der Waals surface area contributed by atoms with Gasteiger partial charge in [-0.15, -0.1) is 11.3 Å². The van der Waals surface area contributed by atoms with Crippen LogP contribution in [0.25, 0.3) is 10.6 Å². The van der Waals surface area contributed by atoms with Crippen LogP contribution >= 0.6 is 11.3 Å². The van der Waals surface area contributed by atoms with E-state index >= 15 is 0 Å². The molecule has 0 radical (unpaired) electrons. The Morgan fingerprint density at radius 1 is 1.45 bits per heavy atom. The summed E-state index contributed by atoms with van der Waals surface area (Å²) in [6.07, 6.45) is 2.51. The molecule has 5 heteroatoms. The van der Waals surface area contributed by atoms with Gasteiger partial charge in [0.15, 0.2) is 0 Å². The first-order valence-corrected chi connectivity index (χ1v) is 7.53. The van der Waals surface area contributed by atoms with Crippen molar-refractivity contribution >= 4 is 11.3 Å². The first-order chi connectivity index (χ1) is 9.69. The molecule has 3 nitrogen and oxygen atoms in total. The zero-order valence-corrected chi connectivity index (χ0v) is 12.4. The lowest BCUT2D eigenvalue weighted by Crippen LogP contribution is -2.14. The van der Waals surface area contributed by atoms with Gasteiger partial charge in [-0.05, 0) is 31.9 Å². The smallest absolute Gasteiger partial charge is 0.137 e. The van der Waals surface area contributed by atoms with Crippen LogP contribution in [0.5, 0.6) is 5.75 Å². The second-order valence-corrected chi connectivity index (χ2v) is 6.08. The zero-order valence-electron chi connectivity index (χ0n) is 11.6. The Bertz CT molecular complexity index is 622. The Labute approximate surface area is 121 Å². The molecule has 0 spiro atoms. The van der Waals surface area contributed by atoms with Crippen LogP contribution in [0.4, 0.5) is 4.39 Å². The van der Waals surface area contributed by atoms with Gasteiger partial charge in [-0.25, -0.2) is 9.37 Å². The van der Waals surface area contributed by atoms with E-state index in [0.29, 0.717) is 22.4 Å². The highest BCUT2D eigenvalue weighted by Gasteiger charge is 2.22. The summed E-state index contributed by atoms with van der Waals surface area (Å²) in [5.41, 5.74) is 1.42. The minimum absolute atomic E-state index is 0.292. The zero-order chi connectivity index (χ0) is 14.1. The lowest BCUT2D eigenvalue weighted by atomic mass is 10.2. The summed E-state index contributed by atoms with van der Waals surface area (Å²) in [6, 6.07) is 5.50. The molecule has 1 saturated carbocycles. The van der Waals surface area contributed by atoms with Gasteiger partial charge in [0, 0.05) is 17.5 Å². The summed E-state index contributed by atoms with van der Waals surface area (Å²) in [5, 5.41) is 4.15. The van der Waals surface area contributed by atoms with Crippen LogP contribution in [0.2, 0.25) is 0 Å². The highest BCUT2D eigenvalue weighted by molar-refractivity contribution is 7.15. The fourth-order valence-electron chi connectivity index (χ4n) is 2.11. The van der Waals surface area contributed by atoms with E-state index in [9.17, 15) is 4.39 Å². The van der Waals surface area contributed by atoms with Crippen LogP contribution in [0.15, 0.2) is 18.2 Å². The van der Waals surface area contributed by atoms with Gasteiger partial charge in [-0.2, -0.15) is 0 Å². The second-order valence-electron chi connectivity index (χ2n) is 5.00. The Kier molecular flexibility index (Phi) is 3.72. The van der Waals surface area contributed by atoms with Crippen molar-refractivity contribution < 1.29 is 9.13 Å². The van der Waals surface area contributed by atoms with Crippen molar-refractivity contribution in [3.05, 3.63) is 34.6 Å². The van der Waals surface area contributed by atoms with Gasteiger partial charge in [0.25, 0.3) is 0 Å². The number of benzene rings is 1. The maximum Gasteiger partial charge on any atom is 0.137 e. The van der Waals surface area contributed by atoms with Gasteiger partial charge in [-0.3, -0.25) is 0 Å². The minimum atomic E-state index is -0.292. The predicted molar refractivity (Wildman–Crippen MR) is 78.7 cm³/mol. The number of rotatable bonds is 5. The molecule has 106 valence electrons. The minimum Gasteiger partial charge on any atom is -0.496 e. The summed E-state index contributed by atoms with van der Waals surface area (Å²) in [6.45, 7) is 2.78. The Balaban J connectivity index is 1.91. The number of hydrogen-bond acceptors (Lipinski definition) is 4. The summed E-state index contributed by atoms with van der Waals surface area (Å²) >= 11 is 1.53. The van der Waals surface area contributed by atoms with E-state index in [-0.39, 0.29) is 5.82 Å². The monoisotopic (exact) mass is 292 g/mol. The number of nitrogens with one attached hydrogen (secondary N) is 1. The summed E-state index contributed by atoms with van der Waals surface area (Å²) in [5.74, 6) is 0.236. The number of aryl methyl sites for hydroxylation is 1. The molecule has 0 unspecified atom stereocenters. The SMILES string of the molecule is COc1cccc(F)c1-c1nc(C)c(CNC2CC2)s1. The summed E-state index contributed by atoms with van der Waals surface area (Å²) in [7, 11) is 1.55. The number of hydrogen-bond donors (Lipinski definition) is 1. The normalized spacial score (nSPS) is 14.6. The van der Waals surface area contributed by atoms with Crippen molar-refractivity contribution in [1.29, 1.82) is 0 Å². The maximum absolute atomic E-state index is 14.1. The molecule has 0 aliphatic heterocycles.